The summed E-state index contributed by atoms with van der Waals surface area (Å²) in [6.07, 6.45) is 3.96. The number of hydrogen-bond donors (Lipinski definition) is 16. The average molecular weight is 1430 g/mol. The molecular formula is C90H92O16. The first-order valence-electron chi connectivity index (χ1n) is 34.6. The molecule has 0 aliphatic heterocycles. The third kappa shape index (κ3) is 19.6. The van der Waals surface area contributed by atoms with Gasteiger partial charge in [-0.05, 0) is 276 Å². The predicted octanol–water partition coefficient (Wildman–Crippen LogP) is 17.8. The molecule has 0 heterocycles. The van der Waals surface area contributed by atoms with Crippen LogP contribution in [0.5, 0.6) is 92.0 Å². The Morgan fingerprint density at radius 1 is 0.160 bits per heavy atom. The quantitative estimate of drug-likeness (QED) is 0.0427. The molecule has 0 aromatic heterocycles. The Hall–Kier alpha value is -12.6. The molecule has 0 unspecified atom stereocenters. The summed E-state index contributed by atoms with van der Waals surface area (Å²) >= 11 is 0. The van der Waals surface area contributed by atoms with Gasteiger partial charge in [0.1, 0.15) is 92.0 Å². The number of hydrogen-bond acceptors (Lipinski definition) is 16. The number of phenols is 16. The third-order valence-electron chi connectivity index (χ3n) is 19.0. The van der Waals surface area contributed by atoms with E-state index in [2.05, 4.69) is 0 Å². The molecule has 12 aromatic carbocycles. The maximum Gasteiger partial charge on any atom is 0.125 e. The van der Waals surface area contributed by atoms with Crippen molar-refractivity contribution in [1.82, 2.24) is 0 Å². The van der Waals surface area contributed by atoms with Crippen molar-refractivity contribution < 1.29 is 81.7 Å². The van der Waals surface area contributed by atoms with Crippen molar-refractivity contribution in [2.45, 2.75) is 121 Å². The predicted molar refractivity (Wildman–Crippen MR) is 414 cm³/mol. The van der Waals surface area contributed by atoms with Gasteiger partial charge < -0.3 is 81.7 Å². The van der Waals surface area contributed by atoms with Crippen LogP contribution in [0, 0.1) is 69.2 Å². The molecule has 16 N–H and O–H groups in total. The van der Waals surface area contributed by atoms with E-state index in [0.29, 0.717) is 96.2 Å². The Morgan fingerprint density at radius 2 is 0.311 bits per heavy atom. The number of benzene rings is 12. The smallest absolute Gasteiger partial charge is 0.125 e. The van der Waals surface area contributed by atoms with Crippen molar-refractivity contribution in [3.05, 3.63) is 327 Å². The maximum absolute atomic E-state index is 10.6. The highest BCUT2D eigenvalue weighted by atomic mass is 16.3. The van der Waals surface area contributed by atoms with Crippen molar-refractivity contribution in [1.29, 1.82) is 0 Å². The fourth-order valence-corrected chi connectivity index (χ4v) is 13.1. The Bertz CT molecular complexity index is 4760. The standard InChI is InChI=1S/C25H28O4.C24H26O4.C21H20O4.C20H18O4/c1-13-6-18(7-14(2)22(13)26)10-20-12-21(25(29)17(5)24(20)28)11-19-8-15(3)23(27)16(4)9-19;1-13-5-17(6-14(2)23(13)27)9-19-11-20(22(26)12-21(19)25)10-18-7-15(3)24(28)16(4)8-18;1-13-20(24)16(10-14-2-6-18(22)7-3-14)12-17(21(13)25)11-15-4-8-19(23)9-5-15;21-17-5-1-13(2-6-17)9-15-11-16(20(24)12-19(15)23)10-14-3-7-18(22)8-4-14/h6-9,12,26-29H,10-11H2,1-5H3;5-8,11-12,25-28H,9-10H2,1-4H3;2-9,12,22-25H,10-11H2,1H3;1-8,11-12,21-24H,9-10H2. The molecule has 548 valence electrons. The van der Waals surface area contributed by atoms with Gasteiger partial charge >= 0.3 is 0 Å². The Balaban J connectivity index is 0.000000164. The second-order valence-electron chi connectivity index (χ2n) is 27.6. The van der Waals surface area contributed by atoms with Gasteiger partial charge in [0.2, 0.25) is 0 Å². The summed E-state index contributed by atoms with van der Waals surface area (Å²) in [5, 5.41) is 160. The lowest BCUT2D eigenvalue weighted by Crippen LogP contribution is -1.98. The van der Waals surface area contributed by atoms with E-state index in [1.165, 1.54) is 12.1 Å². The van der Waals surface area contributed by atoms with E-state index < -0.39 is 0 Å². The highest BCUT2D eigenvalue weighted by molar-refractivity contribution is 5.59. The van der Waals surface area contributed by atoms with Gasteiger partial charge in [-0.2, -0.15) is 0 Å². The van der Waals surface area contributed by atoms with Crippen LogP contribution in [0.1, 0.15) is 145 Å². The minimum absolute atomic E-state index is 0.0371. The van der Waals surface area contributed by atoms with Crippen LogP contribution in [-0.2, 0) is 51.4 Å². The Labute approximate surface area is 617 Å². The highest BCUT2D eigenvalue weighted by Crippen LogP contribution is 2.41. The number of rotatable bonds is 16. The first-order valence-corrected chi connectivity index (χ1v) is 34.6. The summed E-state index contributed by atoms with van der Waals surface area (Å²) < 4.78 is 0. The van der Waals surface area contributed by atoms with Crippen LogP contribution in [-0.4, -0.2) is 81.7 Å². The number of aromatic hydroxyl groups is 16. The van der Waals surface area contributed by atoms with Crippen LogP contribution in [0.15, 0.2) is 182 Å². The van der Waals surface area contributed by atoms with Gasteiger partial charge in [0.05, 0.1) is 0 Å². The zero-order valence-electron chi connectivity index (χ0n) is 61.1. The highest BCUT2D eigenvalue weighted by Gasteiger charge is 2.20. The lowest BCUT2D eigenvalue weighted by molar-refractivity contribution is 0.435. The van der Waals surface area contributed by atoms with E-state index in [1.54, 1.807) is 123 Å². The van der Waals surface area contributed by atoms with E-state index in [-0.39, 0.29) is 80.5 Å². The molecular weight excluding hydrogens is 1340 g/mol. The minimum atomic E-state index is 0.0371. The lowest BCUT2D eigenvalue weighted by atomic mass is 9.92. The molecule has 12 aromatic rings. The zero-order chi connectivity index (χ0) is 77.1. The summed E-state index contributed by atoms with van der Waals surface area (Å²) in [5.41, 5.74) is 20.7. The fourth-order valence-electron chi connectivity index (χ4n) is 13.1. The minimum Gasteiger partial charge on any atom is -0.508 e. The van der Waals surface area contributed by atoms with E-state index in [9.17, 15) is 81.7 Å². The SMILES string of the molecule is Cc1c(O)c(Cc2ccc(O)cc2)cc(Cc2ccc(O)cc2)c1O.Cc1cc(Cc2cc(Cc3cc(C)c(O)c(C)c3)c(O)c(C)c2O)cc(C)c1O.Cc1cc(Cc2cc(Cc3cc(C)c(O)c(C)c3)c(O)cc2O)cc(C)c1O.Oc1ccc(Cc2cc(Cc3ccc(O)cc3)c(O)cc2O)cc1. The molecule has 0 saturated carbocycles. The molecule has 16 heteroatoms. The van der Waals surface area contributed by atoms with Crippen LogP contribution in [0.3, 0.4) is 0 Å². The third-order valence-corrected chi connectivity index (χ3v) is 19.0. The van der Waals surface area contributed by atoms with Crippen LogP contribution >= 0.6 is 0 Å². The van der Waals surface area contributed by atoms with Gasteiger partial charge in [0.25, 0.3) is 0 Å². The van der Waals surface area contributed by atoms with Crippen LogP contribution in [0.25, 0.3) is 0 Å². The Morgan fingerprint density at radius 3 is 0.500 bits per heavy atom. The molecule has 0 amide bonds. The molecule has 106 heavy (non-hydrogen) atoms. The van der Waals surface area contributed by atoms with E-state index in [0.717, 1.165) is 111 Å². The largest absolute Gasteiger partial charge is 0.508 e. The van der Waals surface area contributed by atoms with Gasteiger partial charge in [-0.15, -0.1) is 0 Å². The Kier molecular flexibility index (Phi) is 24.7. The molecule has 0 saturated heterocycles. The molecule has 0 spiro atoms. The van der Waals surface area contributed by atoms with Crippen molar-refractivity contribution in [2.24, 2.45) is 0 Å². The summed E-state index contributed by atoms with van der Waals surface area (Å²) in [7, 11) is 0. The van der Waals surface area contributed by atoms with Gasteiger partial charge in [-0.3, -0.25) is 0 Å². The molecule has 0 aliphatic rings. The van der Waals surface area contributed by atoms with E-state index in [4.69, 9.17) is 0 Å². The van der Waals surface area contributed by atoms with E-state index >= 15 is 0 Å². The summed E-state index contributed by atoms with van der Waals surface area (Å²) in [4.78, 5) is 0. The molecule has 0 bridgehead atoms. The van der Waals surface area contributed by atoms with Gasteiger partial charge in [0, 0.05) is 74.6 Å². The second kappa shape index (κ2) is 33.7. The lowest BCUT2D eigenvalue weighted by Gasteiger charge is -2.16. The molecule has 0 aliphatic carbocycles. The molecule has 12 rings (SSSR count). The zero-order valence-corrected chi connectivity index (χ0v) is 61.1. The molecule has 0 atom stereocenters. The molecule has 0 radical (unpaired) electrons. The first-order chi connectivity index (χ1) is 50.2. The molecule has 16 nitrogen and oxygen atoms in total. The van der Waals surface area contributed by atoms with Crippen molar-refractivity contribution in [3.8, 4) is 92.0 Å². The van der Waals surface area contributed by atoms with Crippen LogP contribution < -0.4 is 0 Å². The van der Waals surface area contributed by atoms with E-state index in [1.807, 2.05) is 116 Å². The summed E-state index contributed by atoms with van der Waals surface area (Å²) in [6, 6.07) is 52.5. The van der Waals surface area contributed by atoms with Gasteiger partial charge in [-0.1, -0.05) is 97.1 Å². The normalized spacial score (nSPS) is 10.9. The molecule has 0 fully saturated rings. The summed E-state index contributed by atoms with van der Waals surface area (Å²) in [5.74, 6) is 2.46. The van der Waals surface area contributed by atoms with Crippen LogP contribution in [0.4, 0.5) is 0 Å². The van der Waals surface area contributed by atoms with Crippen molar-refractivity contribution in [2.75, 3.05) is 0 Å². The second-order valence-corrected chi connectivity index (χ2v) is 27.6. The topological polar surface area (TPSA) is 324 Å². The van der Waals surface area contributed by atoms with Crippen molar-refractivity contribution >= 4 is 0 Å². The van der Waals surface area contributed by atoms with Gasteiger partial charge in [0.15, 0.2) is 0 Å². The average Bonchev–Trinajstić information content (AvgIpc) is 0.807. The first kappa shape index (κ1) is 77.6. The number of phenolic OH excluding ortho intramolecular Hbond substituents is 16. The van der Waals surface area contributed by atoms with Crippen LogP contribution in [0.2, 0.25) is 0 Å². The van der Waals surface area contributed by atoms with Gasteiger partial charge in [-0.25, -0.2) is 0 Å². The number of aryl methyl sites for hydroxylation is 8. The summed E-state index contributed by atoms with van der Waals surface area (Å²) in [6.45, 7) is 18.2. The monoisotopic (exact) mass is 1430 g/mol. The maximum atomic E-state index is 10.6. The van der Waals surface area contributed by atoms with Crippen molar-refractivity contribution in [3.63, 3.8) is 0 Å². The fraction of sp³-hybridized carbons (Fsp3) is 0.200.